The maximum absolute atomic E-state index is 15.0. The van der Waals surface area contributed by atoms with Crippen LogP contribution in [0.1, 0.15) is 70.8 Å². The number of piperidine rings is 1. The van der Waals surface area contributed by atoms with Crippen LogP contribution in [0.4, 0.5) is 42.1 Å². The van der Waals surface area contributed by atoms with Gasteiger partial charge in [-0.15, -0.1) is 0 Å². The molecular formula is C34H34F7N3O2. The minimum Gasteiger partial charge on any atom is -0.382 e. The molecule has 2 aliphatic rings. The summed E-state index contributed by atoms with van der Waals surface area (Å²) in [7, 11) is 0. The van der Waals surface area contributed by atoms with Crippen LogP contribution in [0.5, 0.6) is 0 Å². The molecule has 0 bridgehead atoms. The standard InChI is InChI=1S/C34H34F7N3O2/c1-19-10-13-25(17-27(19)34(39,40)41)43-31(45)26-16-22(33(36,37)38)18-44(32(46)29-20(2)6-5-9-28(29)35)30(26)21-11-14-24(15-12-21)42-23-7-3-4-8-23/h5-6,9-15,17,22-23,26,30,42H,3-4,7-8,16,18H2,1-2H3,(H,43,45)/t22-,26+,30+/m1/s1. The van der Waals surface area contributed by atoms with Gasteiger partial charge in [-0.25, -0.2) is 4.39 Å². The van der Waals surface area contributed by atoms with E-state index in [2.05, 4.69) is 10.6 Å². The first kappa shape index (κ1) is 33.3. The maximum Gasteiger partial charge on any atom is 0.416 e. The van der Waals surface area contributed by atoms with Crippen molar-refractivity contribution >= 4 is 23.2 Å². The molecule has 5 rings (SSSR count). The van der Waals surface area contributed by atoms with Crippen molar-refractivity contribution in [1.29, 1.82) is 0 Å². The number of carbonyl (C=O) groups excluding carboxylic acids is 2. The molecule has 246 valence electrons. The van der Waals surface area contributed by atoms with E-state index in [0.717, 1.165) is 54.5 Å². The van der Waals surface area contributed by atoms with Crippen LogP contribution in [0, 0.1) is 31.5 Å². The molecular weight excluding hydrogens is 615 g/mol. The number of alkyl halides is 6. The number of rotatable bonds is 6. The number of benzene rings is 3. The second kappa shape index (κ2) is 13.0. The number of aryl methyl sites for hydroxylation is 2. The largest absolute Gasteiger partial charge is 0.416 e. The summed E-state index contributed by atoms with van der Waals surface area (Å²) in [5.41, 5.74) is -0.480. The zero-order chi connectivity index (χ0) is 33.4. The van der Waals surface area contributed by atoms with Gasteiger partial charge in [0.25, 0.3) is 5.91 Å². The Morgan fingerprint density at radius 3 is 2.11 bits per heavy atom. The number of likely N-dealkylation sites (tertiary alicyclic amines) is 1. The lowest BCUT2D eigenvalue weighted by molar-refractivity contribution is -0.193. The molecule has 1 saturated carbocycles. The Morgan fingerprint density at radius 1 is 0.848 bits per heavy atom. The van der Waals surface area contributed by atoms with E-state index in [1.807, 2.05) is 0 Å². The third-order valence-electron chi connectivity index (χ3n) is 8.96. The van der Waals surface area contributed by atoms with Crippen molar-refractivity contribution in [1.82, 2.24) is 4.90 Å². The van der Waals surface area contributed by atoms with Crippen molar-refractivity contribution in [2.45, 2.75) is 70.4 Å². The molecule has 5 nitrogen and oxygen atoms in total. The third kappa shape index (κ3) is 7.15. The summed E-state index contributed by atoms with van der Waals surface area (Å²) in [5.74, 6) is -6.63. The number of hydrogen-bond acceptors (Lipinski definition) is 3. The number of carbonyl (C=O) groups is 2. The molecule has 12 heteroatoms. The van der Waals surface area contributed by atoms with E-state index in [1.165, 1.54) is 32.0 Å². The average molecular weight is 650 g/mol. The van der Waals surface area contributed by atoms with Crippen LogP contribution in [0.2, 0.25) is 0 Å². The molecule has 0 aromatic heterocycles. The highest BCUT2D eigenvalue weighted by Gasteiger charge is 2.52. The molecule has 1 heterocycles. The zero-order valence-electron chi connectivity index (χ0n) is 25.2. The Labute approximate surface area is 262 Å². The van der Waals surface area contributed by atoms with E-state index in [-0.39, 0.29) is 22.9 Å². The lowest BCUT2D eigenvalue weighted by Crippen LogP contribution is -2.52. The van der Waals surface area contributed by atoms with Gasteiger partial charge in [-0.1, -0.05) is 43.2 Å². The van der Waals surface area contributed by atoms with Crippen molar-refractivity contribution < 1.29 is 40.3 Å². The zero-order valence-corrected chi connectivity index (χ0v) is 25.2. The molecule has 0 unspecified atom stereocenters. The quantitative estimate of drug-likeness (QED) is 0.263. The molecule has 2 amide bonds. The highest BCUT2D eigenvalue weighted by molar-refractivity contribution is 5.98. The topological polar surface area (TPSA) is 61.4 Å². The first-order valence-corrected chi connectivity index (χ1v) is 15.1. The van der Waals surface area contributed by atoms with Crippen LogP contribution in [0.3, 0.4) is 0 Å². The maximum atomic E-state index is 15.0. The lowest BCUT2D eigenvalue weighted by Gasteiger charge is -2.45. The van der Waals surface area contributed by atoms with Gasteiger partial charge in [0, 0.05) is 24.0 Å². The fraction of sp³-hybridized carbons (Fsp3) is 0.412. The molecule has 3 aromatic carbocycles. The number of hydrogen-bond donors (Lipinski definition) is 2. The summed E-state index contributed by atoms with van der Waals surface area (Å²) >= 11 is 0. The predicted molar refractivity (Wildman–Crippen MR) is 160 cm³/mol. The third-order valence-corrected chi connectivity index (χ3v) is 8.96. The number of anilines is 2. The van der Waals surface area contributed by atoms with Gasteiger partial charge in [0.05, 0.1) is 29.0 Å². The lowest BCUT2D eigenvalue weighted by atomic mass is 9.78. The van der Waals surface area contributed by atoms with E-state index >= 15 is 4.39 Å². The average Bonchev–Trinajstić information content (AvgIpc) is 3.50. The van der Waals surface area contributed by atoms with Gasteiger partial charge < -0.3 is 15.5 Å². The van der Waals surface area contributed by atoms with Gasteiger partial charge in [0.2, 0.25) is 5.91 Å². The Morgan fingerprint density at radius 2 is 1.50 bits per heavy atom. The van der Waals surface area contributed by atoms with E-state index in [4.69, 9.17) is 0 Å². The predicted octanol–water partition coefficient (Wildman–Crippen LogP) is 8.84. The molecule has 2 N–H and O–H groups in total. The monoisotopic (exact) mass is 649 g/mol. The summed E-state index contributed by atoms with van der Waals surface area (Å²) in [6.07, 6.45) is -6.13. The van der Waals surface area contributed by atoms with Crippen molar-refractivity contribution in [3.8, 4) is 0 Å². The van der Waals surface area contributed by atoms with Crippen LogP contribution in [-0.4, -0.2) is 35.5 Å². The second-order valence-electron chi connectivity index (χ2n) is 12.2. The van der Waals surface area contributed by atoms with E-state index in [9.17, 15) is 35.9 Å². The Hall–Kier alpha value is -4.09. The second-order valence-corrected chi connectivity index (χ2v) is 12.2. The van der Waals surface area contributed by atoms with Crippen molar-refractivity contribution in [2.24, 2.45) is 11.8 Å². The fourth-order valence-corrected chi connectivity index (χ4v) is 6.56. The Balaban J connectivity index is 1.57. The smallest absolute Gasteiger partial charge is 0.382 e. The molecule has 46 heavy (non-hydrogen) atoms. The molecule has 1 aliphatic carbocycles. The first-order valence-electron chi connectivity index (χ1n) is 15.1. The van der Waals surface area contributed by atoms with Crippen molar-refractivity contribution in [2.75, 3.05) is 17.2 Å². The summed E-state index contributed by atoms with van der Waals surface area (Å²) in [6, 6.07) is 12.6. The summed E-state index contributed by atoms with van der Waals surface area (Å²) in [6.45, 7) is 1.87. The van der Waals surface area contributed by atoms with Crippen LogP contribution in [-0.2, 0) is 11.0 Å². The Kier molecular flexibility index (Phi) is 9.38. The molecule has 3 atom stereocenters. The minimum absolute atomic E-state index is 0.0958. The number of amides is 2. The summed E-state index contributed by atoms with van der Waals surface area (Å²) < 4.78 is 98.8. The minimum atomic E-state index is -4.82. The van der Waals surface area contributed by atoms with Crippen molar-refractivity contribution in [3.05, 3.63) is 94.3 Å². The van der Waals surface area contributed by atoms with Crippen LogP contribution < -0.4 is 10.6 Å². The SMILES string of the molecule is Cc1ccc(NC(=O)[C@H]2C[C@@H](C(F)(F)F)CN(C(=O)c3c(C)cccc3F)[C@H]2c2ccc(NC3CCCC3)cc2)cc1C(F)(F)F. The number of halogens is 7. The van der Waals surface area contributed by atoms with Crippen molar-refractivity contribution in [3.63, 3.8) is 0 Å². The highest BCUT2D eigenvalue weighted by Crippen LogP contribution is 2.46. The van der Waals surface area contributed by atoms with E-state index in [0.29, 0.717) is 5.56 Å². The van der Waals surface area contributed by atoms with Gasteiger partial charge in [-0.3, -0.25) is 9.59 Å². The summed E-state index contributed by atoms with van der Waals surface area (Å²) in [5, 5.41) is 5.79. The molecule has 1 aliphatic heterocycles. The van der Waals surface area contributed by atoms with Gasteiger partial charge in [0.15, 0.2) is 0 Å². The van der Waals surface area contributed by atoms with E-state index < -0.39 is 72.0 Å². The molecule has 3 aromatic rings. The van der Waals surface area contributed by atoms with Gasteiger partial charge >= 0.3 is 12.4 Å². The van der Waals surface area contributed by atoms with Crippen LogP contribution in [0.15, 0.2) is 60.7 Å². The Bertz CT molecular complexity index is 1560. The number of nitrogens with zero attached hydrogens (tertiary/aromatic N) is 1. The van der Waals surface area contributed by atoms with Crippen LogP contribution >= 0.6 is 0 Å². The van der Waals surface area contributed by atoms with Crippen LogP contribution in [0.25, 0.3) is 0 Å². The van der Waals surface area contributed by atoms with E-state index in [1.54, 1.807) is 24.3 Å². The molecule has 0 spiro atoms. The molecule has 0 radical (unpaired) electrons. The number of nitrogens with one attached hydrogen (secondary N) is 2. The fourth-order valence-electron chi connectivity index (χ4n) is 6.56. The van der Waals surface area contributed by atoms with Gasteiger partial charge in [-0.05, 0) is 80.1 Å². The molecule has 1 saturated heterocycles. The highest BCUT2D eigenvalue weighted by atomic mass is 19.4. The van der Waals surface area contributed by atoms with Gasteiger partial charge in [0.1, 0.15) is 5.82 Å². The molecule has 2 fully saturated rings. The first-order chi connectivity index (χ1) is 21.6. The van der Waals surface area contributed by atoms with Gasteiger partial charge in [-0.2, -0.15) is 26.3 Å². The summed E-state index contributed by atoms with van der Waals surface area (Å²) in [4.78, 5) is 28.7. The normalized spacial score (nSPS) is 20.9.